The van der Waals surface area contributed by atoms with Crippen molar-refractivity contribution in [3.63, 3.8) is 0 Å². The van der Waals surface area contributed by atoms with Crippen molar-refractivity contribution in [1.82, 2.24) is 5.32 Å². The number of amides is 2. The molecule has 7 nitrogen and oxygen atoms in total. The lowest BCUT2D eigenvalue weighted by Crippen LogP contribution is -2.48. The number of carbonyl (C=O) groups is 2. The molecule has 1 aliphatic heterocycles. The van der Waals surface area contributed by atoms with E-state index in [1.165, 1.54) is 0 Å². The quantitative estimate of drug-likeness (QED) is 0.690. The van der Waals surface area contributed by atoms with E-state index in [1.807, 2.05) is 18.2 Å². The van der Waals surface area contributed by atoms with Crippen molar-refractivity contribution in [3.05, 3.63) is 59.1 Å². The zero-order valence-electron chi connectivity index (χ0n) is 16.8. The van der Waals surface area contributed by atoms with Gasteiger partial charge in [0.05, 0.1) is 12.5 Å². The second kappa shape index (κ2) is 10.3. The molecule has 0 spiro atoms. The third-order valence-electron chi connectivity index (χ3n) is 5.12. The third-order valence-corrected chi connectivity index (χ3v) is 5.49. The summed E-state index contributed by atoms with van der Waals surface area (Å²) in [5, 5.41) is 6.18. The Hall–Kier alpha value is -2.77. The second-order valence-electron chi connectivity index (χ2n) is 7.10. The predicted octanol–water partition coefficient (Wildman–Crippen LogP) is 4.01. The Labute approximate surface area is 180 Å². The zero-order chi connectivity index (χ0) is 21.4. The van der Waals surface area contributed by atoms with Crippen LogP contribution in [0.4, 0.5) is 10.5 Å². The van der Waals surface area contributed by atoms with Crippen LogP contribution in [0.5, 0.6) is 5.75 Å². The van der Waals surface area contributed by atoms with E-state index in [9.17, 15) is 9.59 Å². The molecule has 1 fully saturated rings. The van der Waals surface area contributed by atoms with Crippen LogP contribution in [0.25, 0.3) is 0 Å². The number of hydrogen-bond donors (Lipinski definition) is 2. The molecule has 0 bridgehead atoms. The molecule has 2 aromatic rings. The number of benzene rings is 2. The number of rotatable bonds is 7. The van der Waals surface area contributed by atoms with Crippen LogP contribution in [0.2, 0.25) is 5.02 Å². The minimum absolute atomic E-state index is 0.0412. The average molecular weight is 433 g/mol. The Balaban J connectivity index is 1.60. The van der Waals surface area contributed by atoms with E-state index in [-0.39, 0.29) is 12.5 Å². The van der Waals surface area contributed by atoms with Crippen molar-refractivity contribution < 1.29 is 23.8 Å². The number of carbonyl (C=O) groups excluding carboxylic acids is 2. The summed E-state index contributed by atoms with van der Waals surface area (Å²) in [6, 6.07) is 14.3. The molecule has 0 radical (unpaired) electrons. The van der Waals surface area contributed by atoms with Crippen LogP contribution in [-0.2, 0) is 20.8 Å². The Kier molecular flexibility index (Phi) is 7.54. The van der Waals surface area contributed by atoms with E-state index in [0.717, 1.165) is 5.56 Å². The molecule has 1 aliphatic rings. The Bertz CT molecular complexity index is 883. The highest BCUT2D eigenvalue weighted by atomic mass is 35.5. The normalized spacial score (nSPS) is 15.1. The van der Waals surface area contributed by atoms with Gasteiger partial charge in [-0.15, -0.1) is 0 Å². The zero-order valence-corrected chi connectivity index (χ0v) is 17.5. The van der Waals surface area contributed by atoms with Crippen molar-refractivity contribution in [2.45, 2.75) is 19.4 Å². The molecular weight excluding hydrogens is 408 g/mol. The van der Waals surface area contributed by atoms with Gasteiger partial charge in [-0.3, -0.25) is 10.1 Å². The van der Waals surface area contributed by atoms with Gasteiger partial charge in [0, 0.05) is 36.5 Å². The van der Waals surface area contributed by atoms with Crippen LogP contribution in [0.1, 0.15) is 18.4 Å². The summed E-state index contributed by atoms with van der Waals surface area (Å²) in [6.07, 6.45) is 0.301. The maximum atomic E-state index is 13.0. The summed E-state index contributed by atoms with van der Waals surface area (Å²) < 4.78 is 16.0. The van der Waals surface area contributed by atoms with E-state index in [1.54, 1.807) is 37.4 Å². The summed E-state index contributed by atoms with van der Waals surface area (Å²) in [5.74, 6) is 0.438. The summed E-state index contributed by atoms with van der Waals surface area (Å²) in [7, 11) is 1.55. The minimum atomic E-state index is -0.842. The fourth-order valence-corrected chi connectivity index (χ4v) is 3.46. The van der Waals surface area contributed by atoms with E-state index in [0.29, 0.717) is 49.1 Å². The summed E-state index contributed by atoms with van der Waals surface area (Å²) in [5.41, 5.74) is 0.528. The van der Waals surface area contributed by atoms with Crippen LogP contribution in [-0.4, -0.2) is 38.9 Å². The second-order valence-corrected chi connectivity index (χ2v) is 7.51. The van der Waals surface area contributed by atoms with Crippen molar-refractivity contribution in [2.75, 3.05) is 32.2 Å². The molecule has 2 amide bonds. The Morgan fingerprint density at radius 3 is 2.63 bits per heavy atom. The topological polar surface area (TPSA) is 85.9 Å². The summed E-state index contributed by atoms with van der Waals surface area (Å²) >= 11 is 6.17. The van der Waals surface area contributed by atoms with Gasteiger partial charge in [0.15, 0.2) is 0 Å². The van der Waals surface area contributed by atoms with Crippen LogP contribution in [0, 0.1) is 5.41 Å². The molecule has 2 N–H and O–H groups in total. The molecule has 8 heteroatoms. The van der Waals surface area contributed by atoms with Gasteiger partial charge >= 0.3 is 6.09 Å². The van der Waals surface area contributed by atoms with Gasteiger partial charge < -0.3 is 19.5 Å². The molecule has 0 aromatic heterocycles. The van der Waals surface area contributed by atoms with E-state index >= 15 is 0 Å². The fraction of sp³-hybridized carbons (Fsp3) is 0.364. The molecular formula is C22H25ClN2O5. The number of ether oxygens (including phenoxy) is 3. The summed E-state index contributed by atoms with van der Waals surface area (Å²) in [4.78, 5) is 25.3. The highest BCUT2D eigenvalue weighted by molar-refractivity contribution is 6.31. The maximum absolute atomic E-state index is 13.0. The molecule has 1 heterocycles. The molecule has 1 saturated heterocycles. The first-order chi connectivity index (χ1) is 14.5. The minimum Gasteiger partial charge on any atom is -0.497 e. The van der Waals surface area contributed by atoms with Gasteiger partial charge in [-0.1, -0.05) is 35.9 Å². The first-order valence-corrected chi connectivity index (χ1v) is 10.1. The molecule has 2 aromatic carbocycles. The maximum Gasteiger partial charge on any atom is 0.411 e. The lowest BCUT2D eigenvalue weighted by Gasteiger charge is -2.35. The number of anilines is 1. The third kappa shape index (κ3) is 5.64. The largest absolute Gasteiger partial charge is 0.497 e. The van der Waals surface area contributed by atoms with Crippen LogP contribution in [0.15, 0.2) is 48.5 Å². The molecule has 0 unspecified atom stereocenters. The van der Waals surface area contributed by atoms with E-state index < -0.39 is 11.5 Å². The SMILES string of the molecule is COc1cccc(NC(=O)OCC2(C(=O)NCc3ccccc3Cl)CCOCC2)c1. The first-order valence-electron chi connectivity index (χ1n) is 9.70. The molecule has 160 valence electrons. The predicted molar refractivity (Wildman–Crippen MR) is 114 cm³/mol. The van der Waals surface area contributed by atoms with Gasteiger partial charge in [0.2, 0.25) is 5.91 Å². The molecule has 0 atom stereocenters. The summed E-state index contributed by atoms with van der Waals surface area (Å²) in [6.45, 7) is 1.12. The molecule has 3 rings (SSSR count). The monoisotopic (exact) mass is 432 g/mol. The van der Waals surface area contributed by atoms with Crippen molar-refractivity contribution in [1.29, 1.82) is 0 Å². The highest BCUT2D eigenvalue weighted by Crippen LogP contribution is 2.32. The van der Waals surface area contributed by atoms with Gasteiger partial charge in [0.1, 0.15) is 12.4 Å². The number of nitrogens with one attached hydrogen (secondary N) is 2. The first kappa shape index (κ1) is 21.9. The van der Waals surface area contributed by atoms with Crippen molar-refractivity contribution >= 4 is 29.3 Å². The van der Waals surface area contributed by atoms with Crippen LogP contribution in [0.3, 0.4) is 0 Å². The number of methoxy groups -OCH3 is 1. The molecule has 0 aliphatic carbocycles. The van der Waals surface area contributed by atoms with Gasteiger partial charge in [0.25, 0.3) is 0 Å². The van der Waals surface area contributed by atoms with E-state index in [4.69, 9.17) is 25.8 Å². The van der Waals surface area contributed by atoms with E-state index in [2.05, 4.69) is 10.6 Å². The Morgan fingerprint density at radius 1 is 1.13 bits per heavy atom. The van der Waals surface area contributed by atoms with Crippen molar-refractivity contribution in [2.24, 2.45) is 5.41 Å². The fourth-order valence-electron chi connectivity index (χ4n) is 3.26. The number of hydrogen-bond acceptors (Lipinski definition) is 5. The molecule has 30 heavy (non-hydrogen) atoms. The van der Waals surface area contributed by atoms with Gasteiger partial charge in [-0.2, -0.15) is 0 Å². The smallest absolute Gasteiger partial charge is 0.411 e. The average Bonchev–Trinajstić information content (AvgIpc) is 2.77. The Morgan fingerprint density at radius 2 is 1.90 bits per heavy atom. The van der Waals surface area contributed by atoms with Gasteiger partial charge in [-0.05, 0) is 36.6 Å². The highest BCUT2D eigenvalue weighted by Gasteiger charge is 2.41. The van der Waals surface area contributed by atoms with Gasteiger partial charge in [-0.25, -0.2) is 4.79 Å². The standard InChI is InChI=1S/C22H25ClN2O5/c1-28-18-7-4-6-17(13-18)25-21(27)30-15-22(9-11-29-12-10-22)20(26)24-14-16-5-2-3-8-19(16)23/h2-8,13H,9-12,14-15H2,1H3,(H,24,26)(H,25,27). The van der Waals surface area contributed by atoms with Crippen molar-refractivity contribution in [3.8, 4) is 5.75 Å². The number of halogens is 1. The lowest BCUT2D eigenvalue weighted by molar-refractivity contribution is -0.140. The van der Waals surface area contributed by atoms with Crippen LogP contribution < -0.4 is 15.4 Å². The molecule has 0 saturated carbocycles. The lowest BCUT2D eigenvalue weighted by atomic mass is 9.80. The van der Waals surface area contributed by atoms with Crippen LogP contribution >= 0.6 is 11.6 Å².